The first kappa shape index (κ1) is 20.8. The van der Waals surface area contributed by atoms with Gasteiger partial charge in [0, 0.05) is 24.8 Å². The number of aliphatic hydroxyl groups is 1. The summed E-state index contributed by atoms with van der Waals surface area (Å²) >= 11 is 0. The van der Waals surface area contributed by atoms with Crippen molar-refractivity contribution in [2.24, 2.45) is 0 Å². The zero-order valence-electron chi connectivity index (χ0n) is 12.1. The molecule has 0 aliphatic carbocycles. The van der Waals surface area contributed by atoms with Crippen molar-refractivity contribution in [3.63, 3.8) is 0 Å². The summed E-state index contributed by atoms with van der Waals surface area (Å²) in [5.41, 5.74) is 3.55. The molecule has 0 aliphatic rings. The van der Waals surface area contributed by atoms with E-state index >= 15 is 0 Å². The van der Waals surface area contributed by atoms with Crippen molar-refractivity contribution in [1.29, 1.82) is 0 Å². The number of aryl methyl sites for hydroxylation is 2. The van der Waals surface area contributed by atoms with Gasteiger partial charge in [-0.3, -0.25) is 0 Å². The van der Waals surface area contributed by atoms with E-state index in [0.717, 1.165) is 5.69 Å². The standard InChI is InChI=1S/C14H24N2O.2ClH/c1-10(2)15-8-14(17)9-16-13-6-11(3)5-12(4)7-13;;/h5-7,10,14-17H,8-9H2,1-4H3;2*1H. The molecule has 0 radical (unpaired) electrons. The smallest absolute Gasteiger partial charge is 0.0836 e. The minimum Gasteiger partial charge on any atom is -0.390 e. The van der Waals surface area contributed by atoms with Crippen LogP contribution in [0.3, 0.4) is 0 Å². The van der Waals surface area contributed by atoms with Gasteiger partial charge < -0.3 is 15.7 Å². The van der Waals surface area contributed by atoms with Crippen LogP contribution in [-0.2, 0) is 0 Å². The molecule has 0 saturated heterocycles. The molecule has 1 atom stereocenters. The van der Waals surface area contributed by atoms with E-state index in [-0.39, 0.29) is 30.9 Å². The van der Waals surface area contributed by atoms with E-state index in [1.807, 2.05) is 0 Å². The average Bonchev–Trinajstić information content (AvgIpc) is 2.22. The van der Waals surface area contributed by atoms with Crippen LogP contribution >= 0.6 is 24.8 Å². The highest BCUT2D eigenvalue weighted by molar-refractivity contribution is 5.85. The van der Waals surface area contributed by atoms with Crippen molar-refractivity contribution >= 4 is 30.5 Å². The Morgan fingerprint density at radius 3 is 2.00 bits per heavy atom. The fourth-order valence-electron chi connectivity index (χ4n) is 1.76. The van der Waals surface area contributed by atoms with Gasteiger partial charge in [0.15, 0.2) is 0 Å². The van der Waals surface area contributed by atoms with Gasteiger partial charge >= 0.3 is 0 Å². The SMILES string of the molecule is Cc1cc(C)cc(NCC(O)CNC(C)C)c1.Cl.Cl. The van der Waals surface area contributed by atoms with Crippen molar-refractivity contribution in [2.45, 2.75) is 39.8 Å². The molecule has 1 aromatic carbocycles. The van der Waals surface area contributed by atoms with E-state index in [1.54, 1.807) is 0 Å². The van der Waals surface area contributed by atoms with Crippen LogP contribution in [0.5, 0.6) is 0 Å². The molecule has 0 saturated carbocycles. The number of benzene rings is 1. The van der Waals surface area contributed by atoms with Crippen molar-refractivity contribution in [3.8, 4) is 0 Å². The number of anilines is 1. The first-order valence-corrected chi connectivity index (χ1v) is 6.21. The normalized spacial score (nSPS) is 11.5. The zero-order valence-corrected chi connectivity index (χ0v) is 13.7. The van der Waals surface area contributed by atoms with Gasteiger partial charge in [-0.2, -0.15) is 0 Å². The summed E-state index contributed by atoms with van der Waals surface area (Å²) in [5, 5.41) is 16.2. The number of halogens is 2. The lowest BCUT2D eigenvalue weighted by atomic mass is 10.1. The van der Waals surface area contributed by atoms with E-state index in [2.05, 4.69) is 56.5 Å². The van der Waals surface area contributed by atoms with Gasteiger partial charge in [0.1, 0.15) is 0 Å². The van der Waals surface area contributed by atoms with Crippen LogP contribution in [-0.4, -0.2) is 30.3 Å². The van der Waals surface area contributed by atoms with Crippen molar-refractivity contribution in [1.82, 2.24) is 5.32 Å². The summed E-state index contributed by atoms with van der Waals surface area (Å²) in [6.07, 6.45) is -0.363. The quantitative estimate of drug-likeness (QED) is 0.757. The molecule has 0 amide bonds. The molecule has 19 heavy (non-hydrogen) atoms. The predicted octanol–water partition coefficient (Wildman–Crippen LogP) is 2.92. The van der Waals surface area contributed by atoms with Gasteiger partial charge in [-0.1, -0.05) is 19.9 Å². The third-order valence-corrected chi connectivity index (χ3v) is 2.53. The Balaban J connectivity index is 0. The van der Waals surface area contributed by atoms with Crippen LogP contribution in [0.15, 0.2) is 18.2 Å². The summed E-state index contributed by atoms with van der Waals surface area (Å²) in [6, 6.07) is 6.73. The molecule has 0 spiro atoms. The van der Waals surface area contributed by atoms with Crippen LogP contribution < -0.4 is 10.6 Å². The summed E-state index contributed by atoms with van der Waals surface area (Å²) in [4.78, 5) is 0. The fraction of sp³-hybridized carbons (Fsp3) is 0.571. The molecule has 3 N–H and O–H groups in total. The van der Waals surface area contributed by atoms with Crippen LogP contribution in [0, 0.1) is 13.8 Å². The Bertz CT molecular complexity index is 339. The highest BCUT2D eigenvalue weighted by Gasteiger charge is 2.04. The molecule has 5 heteroatoms. The third-order valence-electron chi connectivity index (χ3n) is 2.53. The Morgan fingerprint density at radius 2 is 1.53 bits per heavy atom. The number of hydrogen-bond donors (Lipinski definition) is 3. The zero-order chi connectivity index (χ0) is 12.8. The second-order valence-electron chi connectivity index (χ2n) is 4.97. The van der Waals surface area contributed by atoms with Crippen LogP contribution in [0.25, 0.3) is 0 Å². The molecule has 3 nitrogen and oxygen atoms in total. The van der Waals surface area contributed by atoms with E-state index in [0.29, 0.717) is 19.1 Å². The van der Waals surface area contributed by atoms with E-state index in [9.17, 15) is 5.11 Å². The molecule has 112 valence electrons. The lowest BCUT2D eigenvalue weighted by Crippen LogP contribution is -2.35. The molecule has 0 aliphatic heterocycles. The lowest BCUT2D eigenvalue weighted by Gasteiger charge is -2.16. The molecule has 0 bridgehead atoms. The largest absolute Gasteiger partial charge is 0.390 e. The Labute approximate surface area is 129 Å². The lowest BCUT2D eigenvalue weighted by molar-refractivity contribution is 0.181. The molecule has 0 fully saturated rings. The van der Waals surface area contributed by atoms with Gasteiger partial charge in [-0.05, 0) is 37.1 Å². The number of hydrogen-bond acceptors (Lipinski definition) is 3. The summed E-state index contributed by atoms with van der Waals surface area (Å²) in [5.74, 6) is 0. The van der Waals surface area contributed by atoms with Gasteiger partial charge in [-0.15, -0.1) is 24.8 Å². The Kier molecular flexibility index (Phi) is 11.3. The molecular formula is C14H26Cl2N2O. The van der Waals surface area contributed by atoms with Crippen molar-refractivity contribution in [3.05, 3.63) is 29.3 Å². The second-order valence-corrected chi connectivity index (χ2v) is 4.97. The fourth-order valence-corrected chi connectivity index (χ4v) is 1.76. The van der Waals surface area contributed by atoms with Crippen LogP contribution in [0.4, 0.5) is 5.69 Å². The molecule has 1 aromatic rings. The highest BCUT2D eigenvalue weighted by atomic mass is 35.5. The van der Waals surface area contributed by atoms with Gasteiger partial charge in [0.05, 0.1) is 6.10 Å². The molecular weight excluding hydrogens is 283 g/mol. The van der Waals surface area contributed by atoms with Gasteiger partial charge in [-0.25, -0.2) is 0 Å². The maximum atomic E-state index is 9.77. The molecule has 1 unspecified atom stereocenters. The Hall–Kier alpha value is -0.480. The second kappa shape index (κ2) is 10.3. The monoisotopic (exact) mass is 308 g/mol. The number of rotatable bonds is 6. The van der Waals surface area contributed by atoms with E-state index in [4.69, 9.17) is 0 Å². The van der Waals surface area contributed by atoms with Crippen LogP contribution in [0.1, 0.15) is 25.0 Å². The minimum atomic E-state index is -0.363. The molecule has 0 heterocycles. The van der Waals surface area contributed by atoms with Crippen molar-refractivity contribution in [2.75, 3.05) is 18.4 Å². The third kappa shape index (κ3) is 9.11. The first-order valence-electron chi connectivity index (χ1n) is 6.21. The maximum Gasteiger partial charge on any atom is 0.0836 e. The Morgan fingerprint density at radius 1 is 1.00 bits per heavy atom. The van der Waals surface area contributed by atoms with Crippen LogP contribution in [0.2, 0.25) is 0 Å². The van der Waals surface area contributed by atoms with E-state index in [1.165, 1.54) is 11.1 Å². The number of nitrogens with one attached hydrogen (secondary N) is 2. The molecule has 0 aromatic heterocycles. The number of aliphatic hydroxyl groups excluding tert-OH is 1. The minimum absolute atomic E-state index is 0. The predicted molar refractivity (Wildman–Crippen MR) is 88.0 cm³/mol. The molecule has 1 rings (SSSR count). The van der Waals surface area contributed by atoms with Gasteiger partial charge in [0.25, 0.3) is 0 Å². The van der Waals surface area contributed by atoms with E-state index < -0.39 is 0 Å². The summed E-state index contributed by atoms with van der Waals surface area (Å²) < 4.78 is 0. The maximum absolute atomic E-state index is 9.77. The summed E-state index contributed by atoms with van der Waals surface area (Å²) in [7, 11) is 0. The average molecular weight is 309 g/mol. The topological polar surface area (TPSA) is 44.3 Å². The summed E-state index contributed by atoms with van der Waals surface area (Å²) in [6.45, 7) is 9.50. The first-order chi connectivity index (χ1) is 7.97. The van der Waals surface area contributed by atoms with Gasteiger partial charge in [0.2, 0.25) is 0 Å². The van der Waals surface area contributed by atoms with Crippen molar-refractivity contribution < 1.29 is 5.11 Å². The highest BCUT2D eigenvalue weighted by Crippen LogP contribution is 2.13.